The van der Waals surface area contributed by atoms with E-state index in [9.17, 15) is 23.4 Å². The van der Waals surface area contributed by atoms with Gasteiger partial charge in [-0.05, 0) is 35.4 Å². The van der Waals surface area contributed by atoms with Gasteiger partial charge in [0.15, 0.2) is 0 Å². The zero-order valence-electron chi connectivity index (χ0n) is 13.8. The lowest BCUT2D eigenvalue weighted by Gasteiger charge is -2.12. The summed E-state index contributed by atoms with van der Waals surface area (Å²) in [6.07, 6.45) is 0. The number of aromatic hydroxyl groups is 2. The summed E-state index contributed by atoms with van der Waals surface area (Å²) in [6, 6.07) is 16.5. The minimum absolute atomic E-state index is 0.0398. The van der Waals surface area contributed by atoms with Crippen LogP contribution in [-0.4, -0.2) is 29.7 Å². The molecule has 0 unspecified atom stereocenters. The molecule has 138 valence electrons. The molecule has 27 heavy (non-hydrogen) atoms. The average Bonchev–Trinajstić information content (AvgIpc) is 2.62. The van der Waals surface area contributed by atoms with Crippen LogP contribution in [-0.2, 0) is 10.0 Å². The first kappa shape index (κ1) is 18.3. The average molecular weight is 385 g/mol. The molecule has 0 saturated heterocycles. The summed E-state index contributed by atoms with van der Waals surface area (Å²) < 4.78 is 27.6. The fraction of sp³-hybridized carbons (Fsp3) is 0. The zero-order chi connectivity index (χ0) is 19.6. The van der Waals surface area contributed by atoms with E-state index in [1.807, 2.05) is 6.07 Å². The highest BCUT2D eigenvalue weighted by atomic mass is 32.2. The van der Waals surface area contributed by atoms with Crippen molar-refractivity contribution in [3.05, 3.63) is 72.3 Å². The predicted octanol–water partition coefficient (Wildman–Crippen LogP) is 3.26. The zero-order valence-corrected chi connectivity index (χ0v) is 14.6. The van der Waals surface area contributed by atoms with Gasteiger partial charge in [0.25, 0.3) is 10.0 Å². The molecule has 3 aromatic carbocycles. The van der Waals surface area contributed by atoms with Gasteiger partial charge in [0.1, 0.15) is 22.0 Å². The van der Waals surface area contributed by atoms with Crippen LogP contribution in [0.25, 0.3) is 11.1 Å². The Balaban J connectivity index is 1.98. The van der Waals surface area contributed by atoms with Crippen LogP contribution in [0.4, 0.5) is 5.69 Å². The second kappa shape index (κ2) is 7.00. The van der Waals surface area contributed by atoms with Crippen molar-refractivity contribution in [1.82, 2.24) is 0 Å². The second-order valence-electron chi connectivity index (χ2n) is 5.69. The minimum Gasteiger partial charge on any atom is -0.507 e. The number of rotatable bonds is 5. The monoisotopic (exact) mass is 385 g/mol. The number of hydrogen-bond acceptors (Lipinski definition) is 5. The number of benzene rings is 3. The Kier molecular flexibility index (Phi) is 4.74. The third-order valence-corrected chi connectivity index (χ3v) is 5.25. The Labute approximate surface area is 155 Å². The molecule has 0 atom stereocenters. The first-order valence-electron chi connectivity index (χ1n) is 7.75. The first-order chi connectivity index (χ1) is 12.8. The van der Waals surface area contributed by atoms with Crippen molar-refractivity contribution >= 4 is 21.7 Å². The van der Waals surface area contributed by atoms with Crippen molar-refractivity contribution < 1.29 is 28.5 Å². The summed E-state index contributed by atoms with van der Waals surface area (Å²) in [6.45, 7) is 0. The van der Waals surface area contributed by atoms with E-state index in [1.54, 1.807) is 30.3 Å². The Bertz CT molecular complexity index is 1110. The molecule has 3 rings (SSSR count). The van der Waals surface area contributed by atoms with E-state index in [0.29, 0.717) is 5.56 Å². The highest BCUT2D eigenvalue weighted by molar-refractivity contribution is 7.92. The van der Waals surface area contributed by atoms with E-state index in [-0.39, 0.29) is 16.1 Å². The van der Waals surface area contributed by atoms with Crippen molar-refractivity contribution in [1.29, 1.82) is 0 Å². The van der Waals surface area contributed by atoms with E-state index >= 15 is 0 Å². The van der Waals surface area contributed by atoms with Crippen LogP contribution in [0.5, 0.6) is 11.5 Å². The molecule has 3 aromatic rings. The van der Waals surface area contributed by atoms with Crippen molar-refractivity contribution in [2.75, 3.05) is 4.72 Å². The van der Waals surface area contributed by atoms with E-state index in [4.69, 9.17) is 5.11 Å². The number of hydrogen-bond donors (Lipinski definition) is 4. The van der Waals surface area contributed by atoms with Gasteiger partial charge in [-0.3, -0.25) is 4.72 Å². The van der Waals surface area contributed by atoms with Gasteiger partial charge in [-0.1, -0.05) is 36.4 Å². The van der Waals surface area contributed by atoms with Crippen molar-refractivity contribution in [2.45, 2.75) is 4.90 Å². The molecule has 0 aliphatic carbocycles. The number of nitrogens with one attached hydrogen (secondary N) is 1. The van der Waals surface area contributed by atoms with Crippen molar-refractivity contribution in [3.63, 3.8) is 0 Å². The maximum absolute atomic E-state index is 12.7. The number of anilines is 1. The number of sulfonamides is 1. The molecule has 7 nitrogen and oxygen atoms in total. The first-order valence-corrected chi connectivity index (χ1v) is 9.24. The minimum atomic E-state index is -4.18. The molecule has 0 aliphatic heterocycles. The van der Waals surface area contributed by atoms with Crippen LogP contribution < -0.4 is 4.72 Å². The summed E-state index contributed by atoms with van der Waals surface area (Å²) in [4.78, 5) is 10.6. The normalized spacial score (nSPS) is 11.1. The lowest BCUT2D eigenvalue weighted by molar-refractivity contribution is 0.0693. The smallest absolute Gasteiger partial charge is 0.339 e. The van der Waals surface area contributed by atoms with E-state index < -0.39 is 27.5 Å². The van der Waals surface area contributed by atoms with E-state index in [1.165, 1.54) is 18.2 Å². The number of carboxylic acid groups (broad SMARTS) is 1. The van der Waals surface area contributed by atoms with Gasteiger partial charge >= 0.3 is 5.97 Å². The van der Waals surface area contributed by atoms with Crippen molar-refractivity contribution in [3.8, 4) is 22.6 Å². The maximum atomic E-state index is 12.7. The fourth-order valence-corrected chi connectivity index (χ4v) is 3.70. The molecule has 0 heterocycles. The summed E-state index contributed by atoms with van der Waals surface area (Å²) in [5.74, 6) is -2.35. The summed E-state index contributed by atoms with van der Waals surface area (Å²) >= 11 is 0. The fourth-order valence-electron chi connectivity index (χ4n) is 2.53. The second-order valence-corrected chi connectivity index (χ2v) is 7.34. The van der Waals surface area contributed by atoms with Crippen LogP contribution in [0.2, 0.25) is 0 Å². The number of aromatic carboxylic acids is 1. The molecule has 8 heteroatoms. The van der Waals surface area contributed by atoms with Crippen LogP contribution in [0.1, 0.15) is 10.4 Å². The molecule has 0 amide bonds. The van der Waals surface area contributed by atoms with Crippen molar-refractivity contribution in [2.24, 2.45) is 0 Å². The molecule has 4 N–H and O–H groups in total. The summed E-state index contributed by atoms with van der Waals surface area (Å²) in [5.41, 5.74) is 0.976. The largest absolute Gasteiger partial charge is 0.507 e. The molecule has 0 saturated carbocycles. The Morgan fingerprint density at radius 2 is 1.52 bits per heavy atom. The molecular weight excluding hydrogens is 370 g/mol. The standard InChI is InChI=1S/C19H15NO6S/c21-16-9-6-13(12-4-2-1-3-5-12)10-18(16)27(25,26)20-14-7-8-15(19(23)24)17(22)11-14/h1-11,20-22H,(H,23,24). The Morgan fingerprint density at radius 3 is 2.15 bits per heavy atom. The molecule has 0 radical (unpaired) electrons. The van der Waals surface area contributed by atoms with Gasteiger partial charge in [0.05, 0.1) is 5.69 Å². The Hall–Kier alpha value is -3.52. The van der Waals surface area contributed by atoms with Crippen LogP contribution in [0.15, 0.2) is 71.6 Å². The van der Waals surface area contributed by atoms with Gasteiger partial charge < -0.3 is 15.3 Å². The Morgan fingerprint density at radius 1 is 0.815 bits per heavy atom. The lowest BCUT2D eigenvalue weighted by Crippen LogP contribution is -2.13. The van der Waals surface area contributed by atoms with Gasteiger partial charge in [-0.25, -0.2) is 13.2 Å². The molecule has 0 aromatic heterocycles. The number of carboxylic acids is 1. The van der Waals surface area contributed by atoms with Crippen LogP contribution >= 0.6 is 0 Å². The highest BCUT2D eigenvalue weighted by Crippen LogP contribution is 2.31. The highest BCUT2D eigenvalue weighted by Gasteiger charge is 2.21. The molecule has 0 bridgehead atoms. The number of phenols is 2. The summed E-state index contributed by atoms with van der Waals surface area (Å²) in [7, 11) is -4.18. The third kappa shape index (κ3) is 3.85. The lowest BCUT2D eigenvalue weighted by atomic mass is 10.1. The quantitative estimate of drug-likeness (QED) is 0.534. The predicted molar refractivity (Wildman–Crippen MR) is 99.4 cm³/mol. The molecule has 0 fully saturated rings. The van der Waals surface area contributed by atoms with Gasteiger partial charge in [-0.15, -0.1) is 0 Å². The third-order valence-electron chi connectivity index (χ3n) is 3.84. The van der Waals surface area contributed by atoms with Crippen LogP contribution in [0.3, 0.4) is 0 Å². The van der Waals surface area contributed by atoms with E-state index in [0.717, 1.165) is 17.7 Å². The number of carbonyl (C=O) groups is 1. The van der Waals surface area contributed by atoms with Gasteiger partial charge in [0.2, 0.25) is 0 Å². The summed E-state index contributed by atoms with van der Waals surface area (Å²) in [5, 5.41) is 28.6. The van der Waals surface area contributed by atoms with Gasteiger partial charge in [-0.2, -0.15) is 0 Å². The maximum Gasteiger partial charge on any atom is 0.339 e. The molecule has 0 spiro atoms. The number of phenolic OH excluding ortho intramolecular Hbond substituents is 1. The van der Waals surface area contributed by atoms with E-state index in [2.05, 4.69) is 4.72 Å². The SMILES string of the molecule is O=C(O)c1ccc(NS(=O)(=O)c2cc(-c3ccccc3)ccc2O)cc1O. The topological polar surface area (TPSA) is 124 Å². The molecule has 0 aliphatic rings. The van der Waals surface area contributed by atoms with Gasteiger partial charge in [0, 0.05) is 6.07 Å². The molecular formula is C19H15NO6S. The van der Waals surface area contributed by atoms with Crippen LogP contribution in [0, 0.1) is 0 Å².